The number of pyridine rings is 1. The molecule has 17 heavy (non-hydrogen) atoms. The Bertz CT molecular complexity index is 532. The van der Waals surface area contributed by atoms with Gasteiger partial charge in [-0.1, -0.05) is 6.07 Å². The molecule has 0 saturated carbocycles. The molecule has 0 bridgehead atoms. The molecule has 0 radical (unpaired) electrons. The van der Waals surface area contributed by atoms with Crippen LogP contribution in [0.2, 0.25) is 0 Å². The highest BCUT2D eigenvalue weighted by Crippen LogP contribution is 2.24. The Morgan fingerprint density at radius 2 is 2.06 bits per heavy atom. The monoisotopic (exact) mass is 237 g/mol. The van der Waals surface area contributed by atoms with Crippen LogP contribution in [0, 0.1) is 11.6 Å². The van der Waals surface area contributed by atoms with Crippen LogP contribution in [0.25, 0.3) is 0 Å². The topological polar surface area (TPSA) is 42.4 Å². The third-order valence-electron chi connectivity index (χ3n) is 2.12. The van der Waals surface area contributed by atoms with Crippen molar-refractivity contribution in [3.8, 4) is 11.6 Å². The van der Waals surface area contributed by atoms with Gasteiger partial charge in [0.2, 0.25) is 0 Å². The third-order valence-corrected chi connectivity index (χ3v) is 2.12. The number of halogens is 2. The summed E-state index contributed by atoms with van der Waals surface area (Å²) in [6.45, 7) is -0.451. The molecule has 0 amide bonds. The van der Waals surface area contributed by atoms with E-state index in [1.54, 1.807) is 0 Å². The molecular weight excluding hydrogens is 228 g/mol. The van der Waals surface area contributed by atoms with Gasteiger partial charge in [-0.15, -0.1) is 0 Å². The molecule has 88 valence electrons. The maximum absolute atomic E-state index is 13.6. The minimum Gasteiger partial charge on any atom is -0.436 e. The summed E-state index contributed by atoms with van der Waals surface area (Å²) >= 11 is 0. The van der Waals surface area contributed by atoms with Crippen LogP contribution in [0.5, 0.6) is 11.6 Å². The molecule has 0 atom stereocenters. The molecule has 1 aromatic carbocycles. The fourth-order valence-electron chi connectivity index (χ4n) is 1.30. The molecule has 1 N–H and O–H groups in total. The van der Waals surface area contributed by atoms with Gasteiger partial charge in [0.1, 0.15) is 11.6 Å². The fourth-order valence-corrected chi connectivity index (χ4v) is 1.30. The second kappa shape index (κ2) is 4.88. The number of aromatic nitrogens is 1. The average molecular weight is 237 g/mol. The number of ether oxygens (including phenoxy) is 1. The summed E-state index contributed by atoms with van der Waals surface area (Å²) in [5, 5.41) is 8.87. The van der Waals surface area contributed by atoms with Crippen molar-refractivity contribution in [3.63, 3.8) is 0 Å². The molecule has 1 heterocycles. The van der Waals surface area contributed by atoms with Crippen LogP contribution in [0.4, 0.5) is 8.78 Å². The van der Waals surface area contributed by atoms with Crippen LogP contribution in [0.3, 0.4) is 0 Å². The van der Waals surface area contributed by atoms with Gasteiger partial charge in [-0.25, -0.2) is 13.8 Å². The number of aliphatic hydroxyl groups excluding tert-OH is 1. The summed E-state index contributed by atoms with van der Waals surface area (Å²) in [4.78, 5) is 3.68. The van der Waals surface area contributed by atoms with Crippen molar-refractivity contribution in [1.29, 1.82) is 0 Å². The third kappa shape index (κ3) is 2.57. The van der Waals surface area contributed by atoms with Crippen LogP contribution in [0.1, 0.15) is 5.56 Å². The summed E-state index contributed by atoms with van der Waals surface area (Å²) in [7, 11) is 0. The van der Waals surface area contributed by atoms with Gasteiger partial charge in [0.15, 0.2) is 5.82 Å². The standard InChI is InChI=1S/C12H9F2NO2/c13-9-2-1-3-10(6-9)17-12-11(14)8(7-16)4-5-15-12/h1-6,16H,7H2. The zero-order chi connectivity index (χ0) is 12.3. The van der Waals surface area contributed by atoms with Crippen LogP contribution in [-0.4, -0.2) is 10.1 Å². The minimum absolute atomic E-state index is 0.0754. The maximum atomic E-state index is 13.6. The van der Waals surface area contributed by atoms with E-state index in [4.69, 9.17) is 9.84 Å². The van der Waals surface area contributed by atoms with Crippen molar-refractivity contribution in [2.45, 2.75) is 6.61 Å². The van der Waals surface area contributed by atoms with E-state index in [1.165, 1.54) is 30.5 Å². The van der Waals surface area contributed by atoms with Gasteiger partial charge in [0.25, 0.3) is 5.88 Å². The molecule has 0 aliphatic rings. The summed E-state index contributed by atoms with van der Waals surface area (Å²) in [6, 6.07) is 6.63. The number of hydrogen-bond donors (Lipinski definition) is 1. The molecule has 0 saturated heterocycles. The van der Waals surface area contributed by atoms with Crippen LogP contribution in [-0.2, 0) is 6.61 Å². The van der Waals surface area contributed by atoms with Crippen molar-refractivity contribution < 1.29 is 18.6 Å². The summed E-state index contributed by atoms with van der Waals surface area (Å²) in [5.74, 6) is -1.38. The first-order valence-corrected chi connectivity index (χ1v) is 4.88. The van der Waals surface area contributed by atoms with E-state index in [-0.39, 0.29) is 17.2 Å². The van der Waals surface area contributed by atoms with Gasteiger partial charge in [-0.05, 0) is 18.2 Å². The molecule has 2 aromatic rings. The number of nitrogens with zero attached hydrogens (tertiary/aromatic N) is 1. The second-order valence-corrected chi connectivity index (χ2v) is 3.31. The van der Waals surface area contributed by atoms with Crippen LogP contribution >= 0.6 is 0 Å². The lowest BCUT2D eigenvalue weighted by atomic mass is 10.2. The van der Waals surface area contributed by atoms with Crippen molar-refractivity contribution in [3.05, 3.63) is 53.7 Å². The molecule has 0 aliphatic heterocycles. The predicted octanol–water partition coefficient (Wildman–Crippen LogP) is 2.64. The quantitative estimate of drug-likeness (QED) is 0.892. The van der Waals surface area contributed by atoms with E-state index >= 15 is 0 Å². The van der Waals surface area contributed by atoms with E-state index in [9.17, 15) is 8.78 Å². The first kappa shape index (κ1) is 11.5. The lowest BCUT2D eigenvalue weighted by Crippen LogP contribution is -1.97. The van der Waals surface area contributed by atoms with Gasteiger partial charge in [-0.3, -0.25) is 0 Å². The molecule has 5 heteroatoms. The number of benzene rings is 1. The van der Waals surface area contributed by atoms with E-state index in [1.807, 2.05) is 0 Å². The second-order valence-electron chi connectivity index (χ2n) is 3.31. The fraction of sp³-hybridized carbons (Fsp3) is 0.0833. The minimum atomic E-state index is -0.751. The molecule has 3 nitrogen and oxygen atoms in total. The average Bonchev–Trinajstić information content (AvgIpc) is 2.32. The van der Waals surface area contributed by atoms with Gasteiger partial charge in [0.05, 0.1) is 6.61 Å². The highest BCUT2D eigenvalue weighted by molar-refractivity contribution is 5.30. The van der Waals surface area contributed by atoms with Crippen LogP contribution in [0.15, 0.2) is 36.5 Å². The molecule has 2 rings (SSSR count). The molecule has 0 aliphatic carbocycles. The van der Waals surface area contributed by atoms with E-state index < -0.39 is 18.2 Å². The Balaban J connectivity index is 2.30. The summed E-state index contributed by atoms with van der Waals surface area (Å²) in [6.07, 6.45) is 1.31. The van der Waals surface area contributed by atoms with Gasteiger partial charge in [-0.2, -0.15) is 0 Å². The molecule has 0 spiro atoms. The normalized spacial score (nSPS) is 10.3. The molecule has 0 unspecified atom stereocenters. The van der Waals surface area contributed by atoms with E-state index in [0.717, 1.165) is 6.07 Å². The van der Waals surface area contributed by atoms with Gasteiger partial charge < -0.3 is 9.84 Å². The Morgan fingerprint density at radius 3 is 2.76 bits per heavy atom. The lowest BCUT2D eigenvalue weighted by molar-refractivity contribution is 0.273. The van der Waals surface area contributed by atoms with Crippen molar-refractivity contribution in [1.82, 2.24) is 4.98 Å². The molecule has 1 aromatic heterocycles. The SMILES string of the molecule is OCc1ccnc(Oc2cccc(F)c2)c1F. The summed E-state index contributed by atoms with van der Waals surface area (Å²) < 4.78 is 31.6. The molecular formula is C12H9F2NO2. The van der Waals surface area contributed by atoms with Gasteiger partial charge >= 0.3 is 0 Å². The first-order valence-electron chi connectivity index (χ1n) is 4.88. The van der Waals surface area contributed by atoms with E-state index in [2.05, 4.69) is 4.98 Å². The van der Waals surface area contributed by atoms with Crippen molar-refractivity contribution in [2.75, 3.05) is 0 Å². The highest BCUT2D eigenvalue weighted by atomic mass is 19.1. The van der Waals surface area contributed by atoms with Crippen LogP contribution < -0.4 is 4.74 Å². The Morgan fingerprint density at radius 1 is 1.24 bits per heavy atom. The maximum Gasteiger partial charge on any atom is 0.256 e. The Kier molecular flexibility index (Phi) is 3.30. The molecule has 0 fully saturated rings. The van der Waals surface area contributed by atoms with Gasteiger partial charge in [0, 0.05) is 17.8 Å². The van der Waals surface area contributed by atoms with Crippen molar-refractivity contribution >= 4 is 0 Å². The van der Waals surface area contributed by atoms with E-state index in [0.29, 0.717) is 0 Å². The summed E-state index contributed by atoms with van der Waals surface area (Å²) in [5.41, 5.74) is 0.0754. The number of hydrogen-bond acceptors (Lipinski definition) is 3. The highest BCUT2D eigenvalue weighted by Gasteiger charge is 2.11. The lowest BCUT2D eigenvalue weighted by Gasteiger charge is -2.07. The number of aliphatic hydroxyl groups is 1. The smallest absolute Gasteiger partial charge is 0.256 e. The van der Waals surface area contributed by atoms with Crippen molar-refractivity contribution in [2.24, 2.45) is 0 Å². The first-order chi connectivity index (χ1) is 8.20. The Labute approximate surface area is 96.3 Å². The zero-order valence-electron chi connectivity index (χ0n) is 8.73. The largest absolute Gasteiger partial charge is 0.436 e. The zero-order valence-corrected chi connectivity index (χ0v) is 8.73. The Hall–Kier alpha value is -2.01. The predicted molar refractivity (Wildman–Crippen MR) is 56.6 cm³/mol. The number of rotatable bonds is 3.